The van der Waals surface area contributed by atoms with Crippen LogP contribution in [-0.2, 0) is 11.1 Å². The number of alkyl halides is 1. The van der Waals surface area contributed by atoms with Crippen LogP contribution in [0.15, 0.2) is 0 Å². The maximum atomic E-state index is 9.70. The van der Waals surface area contributed by atoms with Gasteiger partial charge in [-0.3, -0.25) is 4.21 Å². The van der Waals surface area contributed by atoms with E-state index in [1.165, 1.54) is 0 Å². The summed E-state index contributed by atoms with van der Waals surface area (Å²) in [6.45, 7) is 0. The molecule has 0 aliphatic carbocycles. The van der Waals surface area contributed by atoms with Crippen LogP contribution in [0.2, 0.25) is 0 Å². The molecule has 0 saturated carbocycles. The average molecular weight is 150 g/mol. The molecule has 0 aromatic carbocycles. The van der Waals surface area contributed by atoms with E-state index >= 15 is 0 Å². The van der Waals surface area contributed by atoms with Crippen molar-refractivity contribution in [3.63, 3.8) is 0 Å². The summed E-state index contributed by atoms with van der Waals surface area (Å²) >= 11 is 3.27. The summed E-state index contributed by atoms with van der Waals surface area (Å²) in [4.78, 5) is 0. The SMILES string of the molecule is O=S([O-])CCCCl.[H-].[Li+]. The summed E-state index contributed by atoms with van der Waals surface area (Å²) in [5, 5.41) is 0. The van der Waals surface area contributed by atoms with Gasteiger partial charge in [0, 0.05) is 11.6 Å². The fourth-order valence-electron chi connectivity index (χ4n) is 0.172. The molecule has 1 atom stereocenters. The standard InChI is InChI=1S/C3H7ClO2S.Li.H/c4-2-1-3-7(5)6;;/h1-3H2,(H,5,6);;/q;+1;-1/p-1. The molecule has 0 N–H and O–H groups in total. The van der Waals surface area contributed by atoms with Gasteiger partial charge in [-0.2, -0.15) is 0 Å². The van der Waals surface area contributed by atoms with Crippen LogP contribution in [0.5, 0.6) is 0 Å². The van der Waals surface area contributed by atoms with Crippen LogP contribution < -0.4 is 18.9 Å². The Hall–Kier alpha value is 0.997. The average Bonchev–Trinajstić information content (AvgIpc) is 1.61. The summed E-state index contributed by atoms with van der Waals surface area (Å²) < 4.78 is 19.4. The van der Waals surface area contributed by atoms with Crippen molar-refractivity contribution in [2.75, 3.05) is 11.6 Å². The van der Waals surface area contributed by atoms with Gasteiger partial charge in [-0.05, 0) is 6.42 Å². The second kappa shape index (κ2) is 8.00. The molecule has 0 saturated heterocycles. The van der Waals surface area contributed by atoms with Crippen LogP contribution in [0.1, 0.15) is 7.85 Å². The molecule has 0 fully saturated rings. The Balaban J connectivity index is -0.000000180. The quantitative estimate of drug-likeness (QED) is 0.255. The second-order valence-corrected chi connectivity index (χ2v) is 2.44. The molecule has 0 bridgehead atoms. The Labute approximate surface area is 69.9 Å². The molecular formula is C3H7ClLiO2S-. The Morgan fingerprint density at radius 3 is 2.38 bits per heavy atom. The minimum absolute atomic E-state index is 0. The Morgan fingerprint density at radius 2 is 2.25 bits per heavy atom. The van der Waals surface area contributed by atoms with Crippen LogP contribution in [0.4, 0.5) is 0 Å². The maximum absolute atomic E-state index is 9.70. The first-order chi connectivity index (χ1) is 3.27. The molecule has 1 unspecified atom stereocenters. The minimum atomic E-state index is -1.90. The predicted molar refractivity (Wildman–Crippen MR) is 30.2 cm³/mol. The molecule has 2 nitrogen and oxygen atoms in total. The van der Waals surface area contributed by atoms with E-state index in [-0.39, 0.29) is 26.0 Å². The van der Waals surface area contributed by atoms with Gasteiger partial charge >= 0.3 is 18.9 Å². The van der Waals surface area contributed by atoms with Gasteiger partial charge in [-0.15, -0.1) is 11.6 Å². The van der Waals surface area contributed by atoms with Crippen molar-refractivity contribution in [2.24, 2.45) is 0 Å². The largest absolute Gasteiger partial charge is 1.00 e. The van der Waals surface area contributed by atoms with Crippen molar-refractivity contribution >= 4 is 22.7 Å². The van der Waals surface area contributed by atoms with Gasteiger partial charge in [0.15, 0.2) is 0 Å². The molecule has 8 heavy (non-hydrogen) atoms. The van der Waals surface area contributed by atoms with Crippen LogP contribution in [-0.4, -0.2) is 20.4 Å². The van der Waals surface area contributed by atoms with Gasteiger partial charge in [-0.25, -0.2) is 0 Å². The summed E-state index contributed by atoms with van der Waals surface area (Å²) in [6.07, 6.45) is 0.553. The van der Waals surface area contributed by atoms with Crippen molar-refractivity contribution in [3.8, 4) is 0 Å². The normalized spacial score (nSPS) is 12.2. The van der Waals surface area contributed by atoms with Gasteiger partial charge in [0.2, 0.25) is 0 Å². The Bertz CT molecular complexity index is 74.8. The smallest absolute Gasteiger partial charge is 1.00 e. The summed E-state index contributed by atoms with van der Waals surface area (Å²) in [7, 11) is 0. The molecule has 0 aromatic heterocycles. The molecular weight excluding hydrogens is 142 g/mol. The molecule has 46 valence electrons. The van der Waals surface area contributed by atoms with Crippen molar-refractivity contribution < 1.29 is 29.0 Å². The van der Waals surface area contributed by atoms with Crippen LogP contribution >= 0.6 is 11.6 Å². The van der Waals surface area contributed by atoms with E-state index in [1.54, 1.807) is 0 Å². The zero-order valence-corrected chi connectivity index (χ0v) is 6.30. The number of rotatable bonds is 3. The predicted octanol–water partition coefficient (Wildman–Crippen LogP) is -2.39. The third kappa shape index (κ3) is 10.1. The summed E-state index contributed by atoms with van der Waals surface area (Å²) in [5.74, 6) is 0.609. The van der Waals surface area contributed by atoms with Crippen LogP contribution in [0.25, 0.3) is 0 Å². The van der Waals surface area contributed by atoms with E-state index in [9.17, 15) is 8.76 Å². The van der Waals surface area contributed by atoms with E-state index in [0.29, 0.717) is 12.3 Å². The monoisotopic (exact) mass is 149 g/mol. The number of halogens is 1. The second-order valence-electron chi connectivity index (χ2n) is 1.05. The first-order valence-electron chi connectivity index (χ1n) is 1.89. The van der Waals surface area contributed by atoms with Gasteiger partial charge in [0.05, 0.1) is 0 Å². The molecule has 5 heteroatoms. The number of hydrogen-bond acceptors (Lipinski definition) is 2. The van der Waals surface area contributed by atoms with Gasteiger partial charge < -0.3 is 5.98 Å². The van der Waals surface area contributed by atoms with Crippen LogP contribution in [0, 0.1) is 0 Å². The number of hydrogen-bond donors (Lipinski definition) is 0. The van der Waals surface area contributed by atoms with Gasteiger partial charge in [-0.1, -0.05) is 11.1 Å². The topological polar surface area (TPSA) is 40.1 Å². The summed E-state index contributed by atoms with van der Waals surface area (Å²) in [5.41, 5.74) is 0. The van der Waals surface area contributed by atoms with Crippen molar-refractivity contribution in [1.29, 1.82) is 0 Å². The van der Waals surface area contributed by atoms with E-state index in [4.69, 9.17) is 11.6 Å². The molecule has 0 aliphatic heterocycles. The Kier molecular flexibility index (Phi) is 11.7. The molecule has 0 spiro atoms. The molecule has 0 rings (SSSR count). The first kappa shape index (κ1) is 11.8. The van der Waals surface area contributed by atoms with Crippen LogP contribution in [0.3, 0.4) is 0 Å². The zero-order chi connectivity index (χ0) is 5.70. The van der Waals surface area contributed by atoms with Crippen molar-refractivity contribution in [3.05, 3.63) is 0 Å². The van der Waals surface area contributed by atoms with Crippen molar-refractivity contribution in [2.45, 2.75) is 6.42 Å². The fraction of sp³-hybridized carbons (Fsp3) is 1.00. The van der Waals surface area contributed by atoms with E-state index < -0.39 is 11.1 Å². The first-order valence-corrected chi connectivity index (χ1v) is 3.67. The molecule has 0 aromatic rings. The maximum Gasteiger partial charge on any atom is 1.00 e. The van der Waals surface area contributed by atoms with E-state index in [2.05, 4.69) is 0 Å². The van der Waals surface area contributed by atoms with E-state index in [0.717, 1.165) is 0 Å². The van der Waals surface area contributed by atoms with Gasteiger partial charge in [0.1, 0.15) is 0 Å². The fourth-order valence-corrected chi connectivity index (χ4v) is 0.845. The summed E-state index contributed by atoms with van der Waals surface area (Å²) in [6, 6.07) is 0. The Morgan fingerprint density at radius 1 is 1.75 bits per heavy atom. The molecule has 0 radical (unpaired) electrons. The minimum Gasteiger partial charge on any atom is -1.00 e. The molecule has 0 amide bonds. The van der Waals surface area contributed by atoms with E-state index in [1.807, 2.05) is 0 Å². The van der Waals surface area contributed by atoms with Gasteiger partial charge in [0.25, 0.3) is 0 Å². The third-order valence-corrected chi connectivity index (χ3v) is 1.33. The third-order valence-electron chi connectivity index (χ3n) is 0.445. The molecule has 0 heterocycles. The zero-order valence-electron chi connectivity index (χ0n) is 5.72. The molecule has 0 aliphatic rings. The van der Waals surface area contributed by atoms with Crippen molar-refractivity contribution in [1.82, 2.24) is 0 Å².